The Morgan fingerprint density at radius 1 is 0.698 bits per heavy atom. The summed E-state index contributed by atoms with van der Waals surface area (Å²) in [7, 11) is 2.31. The largest absolute Gasteiger partial charge is 0.480 e. The Labute approximate surface area is 262 Å². The molecule has 0 saturated heterocycles. The first kappa shape index (κ1) is 40.9. The van der Waals surface area contributed by atoms with Gasteiger partial charge in [0, 0.05) is 18.1 Å². The predicted octanol–water partition coefficient (Wildman–Crippen LogP) is -1.49. The lowest BCUT2D eigenvalue weighted by Gasteiger charge is -2.21. The Bertz CT molecular complexity index is 843. The molecule has 0 bridgehead atoms. The molecule has 0 aromatic rings. The lowest BCUT2D eigenvalue weighted by Crippen LogP contribution is -2.52. The maximum absolute atomic E-state index is 12.9. The van der Waals surface area contributed by atoms with Crippen LogP contribution >= 0.6 is 21.6 Å². The quantitative estimate of drug-likeness (QED) is 0.0292. The number of rotatable bonds is 26. The average Bonchev–Trinajstić information content (AvgIpc) is 2.97. The molecule has 3 amide bonds. The molecule has 17 heteroatoms. The molecule has 15 nitrogen and oxygen atoms in total. The Balaban J connectivity index is 4.97. The summed E-state index contributed by atoms with van der Waals surface area (Å²) in [5.41, 5.74) is 28.6. The summed E-state index contributed by atoms with van der Waals surface area (Å²) in [5, 5.41) is 17.4. The number of esters is 1. The van der Waals surface area contributed by atoms with E-state index in [2.05, 4.69) is 16.0 Å². The standard InChI is InChI=1S/C26H52N8O7S2/c1-2-41-26(40)19(31)11-5-8-14-32-24(37)20(33-22(35)17(29)9-3-6-12-27)15-42-43-16-21(25(38)39)34-23(36)18(30)10-4-7-13-28/h17-21H,2-16,27-31H2,1H3,(H,32,37)(H,33,35)(H,34,36)(H,38,39)/t17-,18-,19+,20+,21+/m1/s1. The van der Waals surface area contributed by atoms with Crippen LogP contribution in [0.15, 0.2) is 0 Å². The van der Waals surface area contributed by atoms with Crippen molar-refractivity contribution >= 4 is 51.2 Å². The van der Waals surface area contributed by atoms with Crippen molar-refractivity contribution in [3.05, 3.63) is 0 Å². The summed E-state index contributed by atoms with van der Waals surface area (Å²) >= 11 is 0. The smallest absolute Gasteiger partial charge is 0.327 e. The first-order chi connectivity index (χ1) is 20.5. The van der Waals surface area contributed by atoms with Crippen molar-refractivity contribution in [3.63, 3.8) is 0 Å². The molecule has 0 aromatic heterocycles. The van der Waals surface area contributed by atoms with Crippen molar-refractivity contribution in [2.45, 2.75) is 94.9 Å². The van der Waals surface area contributed by atoms with Gasteiger partial charge in [0.15, 0.2) is 0 Å². The number of hydrogen-bond donors (Lipinski definition) is 9. The summed E-state index contributed by atoms with van der Waals surface area (Å²) in [6.45, 7) is 3.20. The van der Waals surface area contributed by atoms with Crippen LogP contribution in [-0.4, -0.2) is 103 Å². The Morgan fingerprint density at radius 3 is 1.65 bits per heavy atom. The number of hydrogen-bond acceptors (Lipinski definition) is 13. The van der Waals surface area contributed by atoms with Gasteiger partial charge in [0.05, 0.1) is 18.7 Å². The van der Waals surface area contributed by atoms with E-state index in [4.69, 9.17) is 33.4 Å². The van der Waals surface area contributed by atoms with Crippen LogP contribution in [0.4, 0.5) is 0 Å². The molecular formula is C26H52N8O7S2. The highest BCUT2D eigenvalue weighted by Crippen LogP contribution is 2.23. The maximum atomic E-state index is 12.9. The number of ether oxygens (including phenoxy) is 1. The number of carboxylic acids is 1. The van der Waals surface area contributed by atoms with Gasteiger partial charge in [-0.05, 0) is 65.0 Å². The van der Waals surface area contributed by atoms with Crippen LogP contribution in [0, 0.1) is 0 Å². The third-order valence-corrected chi connectivity index (χ3v) is 8.66. The van der Waals surface area contributed by atoms with E-state index in [0.29, 0.717) is 71.0 Å². The summed E-state index contributed by atoms with van der Waals surface area (Å²) in [6, 6.07) is -4.53. The number of unbranched alkanes of at least 4 members (excludes halogenated alkanes) is 3. The van der Waals surface area contributed by atoms with Crippen LogP contribution in [0.3, 0.4) is 0 Å². The predicted molar refractivity (Wildman–Crippen MR) is 170 cm³/mol. The highest BCUT2D eigenvalue weighted by atomic mass is 33.1. The highest BCUT2D eigenvalue weighted by molar-refractivity contribution is 8.76. The van der Waals surface area contributed by atoms with Crippen LogP contribution in [-0.2, 0) is 28.7 Å². The molecule has 0 aliphatic carbocycles. The van der Waals surface area contributed by atoms with Crippen LogP contribution in [0.5, 0.6) is 0 Å². The van der Waals surface area contributed by atoms with E-state index in [-0.39, 0.29) is 18.1 Å². The second-order valence-corrected chi connectivity index (χ2v) is 12.5. The van der Waals surface area contributed by atoms with Crippen LogP contribution in [0.2, 0.25) is 0 Å². The molecule has 43 heavy (non-hydrogen) atoms. The minimum Gasteiger partial charge on any atom is -0.480 e. The second-order valence-electron chi connectivity index (χ2n) is 9.96. The molecular weight excluding hydrogens is 600 g/mol. The van der Waals surface area contributed by atoms with E-state index < -0.39 is 59.9 Å². The van der Waals surface area contributed by atoms with Crippen molar-refractivity contribution in [2.75, 3.05) is 37.7 Å². The number of carbonyl (C=O) groups excluding carboxylic acids is 4. The van der Waals surface area contributed by atoms with E-state index in [9.17, 15) is 29.1 Å². The number of amides is 3. The van der Waals surface area contributed by atoms with Crippen molar-refractivity contribution in [2.24, 2.45) is 28.7 Å². The molecule has 250 valence electrons. The normalized spacial score (nSPS) is 14.6. The van der Waals surface area contributed by atoms with Crippen molar-refractivity contribution < 1.29 is 33.8 Å². The topological polar surface area (TPSA) is 281 Å². The summed E-state index contributed by atoms with van der Waals surface area (Å²) < 4.78 is 4.88. The summed E-state index contributed by atoms with van der Waals surface area (Å²) in [6.07, 6.45) is 5.08. The fourth-order valence-electron chi connectivity index (χ4n) is 3.62. The lowest BCUT2D eigenvalue weighted by atomic mass is 10.1. The van der Waals surface area contributed by atoms with Gasteiger partial charge in [0.1, 0.15) is 18.1 Å². The molecule has 0 aliphatic heterocycles. The van der Waals surface area contributed by atoms with Gasteiger partial charge in [-0.25, -0.2) is 4.79 Å². The third kappa shape index (κ3) is 19.7. The molecule has 0 aliphatic rings. The van der Waals surface area contributed by atoms with Crippen molar-refractivity contribution in [1.82, 2.24) is 16.0 Å². The zero-order chi connectivity index (χ0) is 32.6. The molecule has 0 unspecified atom stereocenters. The van der Waals surface area contributed by atoms with Crippen LogP contribution in [0.1, 0.15) is 64.7 Å². The Kier molecular flexibility index (Phi) is 23.9. The molecule has 0 saturated carbocycles. The van der Waals surface area contributed by atoms with Crippen molar-refractivity contribution in [3.8, 4) is 0 Å². The second kappa shape index (κ2) is 25.2. The van der Waals surface area contributed by atoms with E-state index >= 15 is 0 Å². The molecule has 0 aromatic carbocycles. The molecule has 0 spiro atoms. The van der Waals surface area contributed by atoms with E-state index in [1.54, 1.807) is 6.92 Å². The molecule has 0 radical (unpaired) electrons. The fraction of sp³-hybridized carbons (Fsp3) is 0.808. The van der Waals surface area contributed by atoms with E-state index in [1.807, 2.05) is 0 Å². The first-order valence-corrected chi connectivity index (χ1v) is 17.2. The number of carbonyl (C=O) groups is 5. The van der Waals surface area contributed by atoms with Gasteiger partial charge in [-0.1, -0.05) is 34.4 Å². The van der Waals surface area contributed by atoms with Crippen molar-refractivity contribution in [1.29, 1.82) is 0 Å². The third-order valence-electron chi connectivity index (χ3n) is 6.24. The van der Waals surface area contributed by atoms with Crippen LogP contribution in [0.25, 0.3) is 0 Å². The maximum Gasteiger partial charge on any atom is 0.327 e. The Morgan fingerprint density at radius 2 is 1.16 bits per heavy atom. The number of aliphatic carboxylic acids is 1. The van der Waals surface area contributed by atoms with Gasteiger partial charge in [-0.2, -0.15) is 0 Å². The van der Waals surface area contributed by atoms with Gasteiger partial charge in [0.2, 0.25) is 17.7 Å². The average molecular weight is 653 g/mol. The molecule has 0 heterocycles. The first-order valence-electron chi connectivity index (χ1n) is 14.7. The van der Waals surface area contributed by atoms with Gasteiger partial charge < -0.3 is 54.5 Å². The number of carboxylic acid groups (broad SMARTS) is 1. The SMILES string of the molecule is CCOC(=O)[C@@H](N)CCCCNC(=O)[C@H](CSSC[C@H](NC(=O)[C@H](N)CCCCN)C(=O)O)NC(=O)[C@H](N)CCCCN. The van der Waals surface area contributed by atoms with Gasteiger partial charge in [-0.3, -0.25) is 19.2 Å². The molecule has 0 fully saturated rings. The van der Waals surface area contributed by atoms with Gasteiger partial charge >= 0.3 is 11.9 Å². The lowest BCUT2D eigenvalue weighted by molar-refractivity contribution is -0.145. The molecule has 14 N–H and O–H groups in total. The van der Waals surface area contributed by atoms with Gasteiger partial charge in [-0.15, -0.1) is 0 Å². The number of nitrogens with one attached hydrogen (secondary N) is 3. The molecule has 0 rings (SSSR count). The Hall–Kier alpha value is -2.15. The zero-order valence-electron chi connectivity index (χ0n) is 25.1. The highest BCUT2D eigenvalue weighted by Gasteiger charge is 2.26. The van der Waals surface area contributed by atoms with Crippen LogP contribution < -0.4 is 44.6 Å². The summed E-state index contributed by atoms with van der Waals surface area (Å²) in [4.78, 5) is 61.3. The monoisotopic (exact) mass is 652 g/mol. The minimum atomic E-state index is -1.22. The minimum absolute atomic E-state index is 0.00285. The van der Waals surface area contributed by atoms with E-state index in [0.717, 1.165) is 17.2 Å². The zero-order valence-corrected chi connectivity index (χ0v) is 26.7. The number of nitrogens with two attached hydrogens (primary N) is 5. The van der Waals surface area contributed by atoms with Gasteiger partial charge in [0.25, 0.3) is 0 Å². The van der Waals surface area contributed by atoms with E-state index in [1.165, 1.54) is 10.8 Å². The summed E-state index contributed by atoms with van der Waals surface area (Å²) in [5.74, 6) is -3.05. The molecule has 5 atom stereocenters. The fourth-order valence-corrected chi connectivity index (χ4v) is 5.94.